The maximum atomic E-state index is 12.6. The zero-order valence-electron chi connectivity index (χ0n) is 14.2. The quantitative estimate of drug-likeness (QED) is 0.674. The molecule has 5 nitrogen and oxygen atoms in total. The molecule has 0 aliphatic rings. The first kappa shape index (κ1) is 21.6. The van der Waals surface area contributed by atoms with Crippen molar-refractivity contribution in [3.63, 3.8) is 0 Å². The van der Waals surface area contributed by atoms with E-state index in [1.165, 1.54) is 37.4 Å². The minimum absolute atomic E-state index is 0.0138. The Morgan fingerprint density at radius 3 is 2.39 bits per heavy atom. The van der Waals surface area contributed by atoms with Crippen molar-refractivity contribution in [2.45, 2.75) is 6.18 Å². The minimum Gasteiger partial charge on any atom is -0.494 e. The van der Waals surface area contributed by atoms with Gasteiger partial charge in [0.25, 0.3) is 5.91 Å². The Bertz CT molecular complexity index is 931. The van der Waals surface area contributed by atoms with E-state index in [0.29, 0.717) is 6.08 Å². The number of amides is 3. The summed E-state index contributed by atoms with van der Waals surface area (Å²) < 4.78 is 43.0. The molecule has 2 rings (SSSR count). The maximum Gasteiger partial charge on any atom is 0.426 e. The Kier molecular flexibility index (Phi) is 6.93. The minimum atomic E-state index is -4.73. The van der Waals surface area contributed by atoms with Crippen molar-refractivity contribution in [1.29, 1.82) is 0 Å². The number of urea groups is 1. The van der Waals surface area contributed by atoms with E-state index in [9.17, 15) is 22.8 Å². The van der Waals surface area contributed by atoms with Crippen molar-refractivity contribution < 1.29 is 27.5 Å². The summed E-state index contributed by atoms with van der Waals surface area (Å²) in [5.74, 6) is -0.816. The lowest BCUT2D eigenvalue weighted by Crippen LogP contribution is -2.34. The van der Waals surface area contributed by atoms with Crippen LogP contribution in [0, 0.1) is 0 Å². The van der Waals surface area contributed by atoms with Gasteiger partial charge in [0.2, 0.25) is 0 Å². The molecular weight excluding hydrogens is 420 g/mol. The summed E-state index contributed by atoms with van der Waals surface area (Å²) in [6, 6.07) is 9.28. The fraction of sp³-hybridized carbons (Fsp3) is 0.111. The van der Waals surface area contributed by atoms with E-state index in [2.05, 4.69) is 10.6 Å². The van der Waals surface area contributed by atoms with Gasteiger partial charge in [-0.2, -0.15) is 13.2 Å². The van der Waals surface area contributed by atoms with Crippen LogP contribution in [0.4, 0.5) is 23.7 Å². The number of anilines is 1. The third kappa shape index (κ3) is 5.40. The topological polar surface area (TPSA) is 67.4 Å². The maximum absolute atomic E-state index is 12.6. The summed E-state index contributed by atoms with van der Waals surface area (Å²) in [7, 11) is 1.21. The number of hydrogen-bond donors (Lipinski definition) is 2. The highest BCUT2D eigenvalue weighted by molar-refractivity contribution is 6.34. The number of carbonyl (C=O) groups is 2. The standard InChI is InChI=1S/C18H13Cl2F3N2O3/c1-28-15-10(9-14(20)18(21,22)23)5-4-8-13(15)24-17(27)25-16(26)11-6-2-3-7-12(11)19/h2-9H,1H3,(H2,24,25,26,27)/b14-9-. The molecule has 0 radical (unpaired) electrons. The number of nitrogens with one attached hydrogen (secondary N) is 2. The van der Waals surface area contributed by atoms with Gasteiger partial charge < -0.3 is 10.1 Å². The summed E-state index contributed by atoms with van der Waals surface area (Å²) in [6.45, 7) is 0. The van der Waals surface area contributed by atoms with E-state index < -0.39 is 23.1 Å². The normalized spacial score (nSPS) is 11.7. The zero-order chi connectivity index (χ0) is 20.9. The van der Waals surface area contributed by atoms with Crippen LogP contribution in [0.15, 0.2) is 47.5 Å². The first-order valence-electron chi connectivity index (χ1n) is 7.61. The molecule has 0 unspecified atom stereocenters. The SMILES string of the molecule is COc1c(/C=C(\Cl)C(F)(F)F)cccc1NC(=O)NC(=O)c1ccccc1Cl. The third-order valence-electron chi connectivity index (χ3n) is 3.40. The molecule has 2 N–H and O–H groups in total. The number of allylic oxidation sites excluding steroid dienone is 1. The molecule has 0 fully saturated rings. The van der Waals surface area contributed by atoms with Crippen molar-refractivity contribution in [3.8, 4) is 5.75 Å². The summed E-state index contributed by atoms with van der Waals surface area (Å²) in [6.07, 6.45) is -4.06. The average molecular weight is 433 g/mol. The first-order valence-corrected chi connectivity index (χ1v) is 8.37. The van der Waals surface area contributed by atoms with E-state index in [-0.39, 0.29) is 27.6 Å². The van der Waals surface area contributed by atoms with Crippen molar-refractivity contribution in [2.75, 3.05) is 12.4 Å². The van der Waals surface area contributed by atoms with E-state index in [4.69, 9.17) is 27.9 Å². The molecule has 3 amide bonds. The molecule has 2 aromatic rings. The molecule has 0 heterocycles. The van der Waals surface area contributed by atoms with Gasteiger partial charge in [0.05, 0.1) is 23.4 Å². The molecule has 148 valence electrons. The number of halogens is 5. The van der Waals surface area contributed by atoms with E-state index in [0.717, 1.165) is 0 Å². The largest absolute Gasteiger partial charge is 0.494 e. The van der Waals surface area contributed by atoms with Crippen molar-refractivity contribution in [2.24, 2.45) is 0 Å². The highest BCUT2D eigenvalue weighted by atomic mass is 35.5. The van der Waals surface area contributed by atoms with Gasteiger partial charge in [0.15, 0.2) is 0 Å². The van der Waals surface area contributed by atoms with Crippen LogP contribution in [0.5, 0.6) is 5.75 Å². The van der Waals surface area contributed by atoms with Crippen LogP contribution >= 0.6 is 23.2 Å². The fourth-order valence-electron chi connectivity index (χ4n) is 2.18. The Morgan fingerprint density at radius 2 is 1.79 bits per heavy atom. The van der Waals surface area contributed by atoms with Gasteiger partial charge in [-0.15, -0.1) is 0 Å². The molecule has 2 aromatic carbocycles. The monoisotopic (exact) mass is 432 g/mol. The third-order valence-corrected chi connectivity index (χ3v) is 4.05. The molecule has 0 bridgehead atoms. The molecule has 28 heavy (non-hydrogen) atoms. The van der Waals surface area contributed by atoms with Crippen LogP contribution in [-0.4, -0.2) is 25.2 Å². The van der Waals surface area contributed by atoms with Gasteiger partial charge in [-0.1, -0.05) is 47.5 Å². The van der Waals surface area contributed by atoms with Gasteiger partial charge in [-0.25, -0.2) is 4.79 Å². The predicted molar refractivity (Wildman–Crippen MR) is 101 cm³/mol. The summed E-state index contributed by atoms with van der Waals surface area (Å²) in [5, 5.41) is 3.20. The second kappa shape index (κ2) is 8.99. The number of benzene rings is 2. The van der Waals surface area contributed by atoms with Crippen LogP contribution in [0.2, 0.25) is 5.02 Å². The molecule has 0 spiro atoms. The number of methoxy groups -OCH3 is 1. The summed E-state index contributed by atoms with van der Waals surface area (Å²) >= 11 is 11.1. The van der Waals surface area contributed by atoms with Crippen molar-refractivity contribution in [3.05, 3.63) is 63.6 Å². The number of rotatable bonds is 4. The van der Waals surface area contributed by atoms with Crippen LogP contribution in [0.3, 0.4) is 0 Å². The molecule has 0 saturated carbocycles. The average Bonchev–Trinajstić information content (AvgIpc) is 2.61. The van der Waals surface area contributed by atoms with Gasteiger partial charge >= 0.3 is 12.2 Å². The lowest BCUT2D eigenvalue weighted by atomic mass is 10.1. The molecule has 0 aromatic heterocycles. The highest BCUT2D eigenvalue weighted by Crippen LogP contribution is 2.35. The Hall–Kier alpha value is -2.71. The Labute approximate surface area is 168 Å². The van der Waals surface area contributed by atoms with Crippen LogP contribution < -0.4 is 15.4 Å². The van der Waals surface area contributed by atoms with Crippen LogP contribution in [-0.2, 0) is 0 Å². The second-order valence-corrected chi connectivity index (χ2v) is 6.12. The van der Waals surface area contributed by atoms with E-state index in [1.54, 1.807) is 12.1 Å². The van der Waals surface area contributed by atoms with Crippen LogP contribution in [0.25, 0.3) is 6.08 Å². The number of para-hydroxylation sites is 1. The molecule has 0 aliphatic carbocycles. The highest BCUT2D eigenvalue weighted by Gasteiger charge is 2.32. The number of carbonyl (C=O) groups excluding carboxylic acids is 2. The van der Waals surface area contributed by atoms with Crippen LogP contribution in [0.1, 0.15) is 15.9 Å². The lowest BCUT2D eigenvalue weighted by Gasteiger charge is -2.14. The van der Waals surface area contributed by atoms with E-state index in [1.807, 2.05) is 0 Å². The molecule has 0 aliphatic heterocycles. The van der Waals surface area contributed by atoms with Crippen molar-refractivity contribution >= 4 is 46.9 Å². The fourth-order valence-corrected chi connectivity index (χ4v) is 2.52. The predicted octanol–water partition coefficient (Wildman–Crippen LogP) is 5.45. The summed E-state index contributed by atoms with van der Waals surface area (Å²) in [5.41, 5.74) is 0.104. The zero-order valence-corrected chi connectivity index (χ0v) is 15.7. The molecule has 0 atom stereocenters. The number of hydrogen-bond acceptors (Lipinski definition) is 3. The van der Waals surface area contributed by atoms with Gasteiger partial charge in [0, 0.05) is 5.56 Å². The summed E-state index contributed by atoms with van der Waals surface area (Å²) in [4.78, 5) is 24.2. The van der Waals surface area contributed by atoms with Gasteiger partial charge in [-0.05, 0) is 24.3 Å². The van der Waals surface area contributed by atoms with Gasteiger partial charge in [-0.3, -0.25) is 10.1 Å². The number of ether oxygens (including phenoxy) is 1. The van der Waals surface area contributed by atoms with Gasteiger partial charge in [0.1, 0.15) is 10.8 Å². The molecule has 10 heteroatoms. The number of alkyl halides is 3. The lowest BCUT2D eigenvalue weighted by molar-refractivity contribution is -0.0836. The smallest absolute Gasteiger partial charge is 0.426 e. The first-order chi connectivity index (χ1) is 13.1. The molecule has 0 saturated heterocycles. The second-order valence-electron chi connectivity index (χ2n) is 5.31. The Balaban J connectivity index is 2.22. The van der Waals surface area contributed by atoms with Crippen molar-refractivity contribution in [1.82, 2.24) is 5.32 Å². The van der Waals surface area contributed by atoms with E-state index >= 15 is 0 Å². The Morgan fingerprint density at radius 1 is 1.11 bits per heavy atom. The number of imide groups is 1. The molecular formula is C18H13Cl2F3N2O3.